The summed E-state index contributed by atoms with van der Waals surface area (Å²) in [6.07, 6.45) is -0.669. The van der Waals surface area contributed by atoms with Crippen molar-refractivity contribution in [1.29, 1.82) is 0 Å². The van der Waals surface area contributed by atoms with Gasteiger partial charge in [0.15, 0.2) is 0 Å². The highest BCUT2D eigenvalue weighted by Crippen LogP contribution is 2.17. The average Bonchev–Trinajstić information content (AvgIpc) is 2.49. The van der Waals surface area contributed by atoms with Gasteiger partial charge in [-0.25, -0.2) is 9.59 Å². The molecule has 0 atom stereocenters. The van der Waals surface area contributed by atoms with Crippen LogP contribution in [0, 0.1) is 0 Å². The first-order valence-electron chi connectivity index (χ1n) is 6.50. The number of benzene rings is 2. The van der Waals surface area contributed by atoms with Crippen molar-refractivity contribution >= 4 is 17.7 Å². The average molecular weight is 285 g/mol. The van der Waals surface area contributed by atoms with Gasteiger partial charge in [-0.2, -0.15) is 0 Å². The largest absolute Gasteiger partial charge is 0.462 e. The number of para-hydroxylation sites is 2. The minimum Gasteiger partial charge on any atom is -0.462 e. The first-order chi connectivity index (χ1) is 10.2. The van der Waals surface area contributed by atoms with E-state index in [1.54, 1.807) is 55.5 Å². The number of esters is 1. The molecule has 0 aliphatic heterocycles. The summed E-state index contributed by atoms with van der Waals surface area (Å²) in [4.78, 5) is 23.6. The zero-order valence-electron chi connectivity index (χ0n) is 11.5. The molecule has 1 amide bonds. The maximum absolute atomic E-state index is 11.8. The minimum absolute atomic E-state index is 0.266. The third-order valence-corrected chi connectivity index (χ3v) is 2.61. The Morgan fingerprint density at radius 3 is 2.38 bits per heavy atom. The van der Waals surface area contributed by atoms with Gasteiger partial charge >= 0.3 is 12.1 Å². The van der Waals surface area contributed by atoms with Crippen molar-refractivity contribution in [3.63, 3.8) is 0 Å². The van der Waals surface area contributed by atoms with Crippen LogP contribution in [0.25, 0.3) is 0 Å². The molecule has 5 nitrogen and oxygen atoms in total. The van der Waals surface area contributed by atoms with Crippen LogP contribution in [0.15, 0.2) is 54.6 Å². The number of rotatable bonds is 4. The van der Waals surface area contributed by atoms with Gasteiger partial charge in [-0.15, -0.1) is 0 Å². The second-order valence-corrected chi connectivity index (χ2v) is 4.09. The maximum Gasteiger partial charge on any atom is 0.417 e. The summed E-state index contributed by atoms with van der Waals surface area (Å²) >= 11 is 0. The molecule has 0 aliphatic rings. The van der Waals surface area contributed by atoms with Crippen LogP contribution in [0.4, 0.5) is 10.5 Å². The van der Waals surface area contributed by atoms with Gasteiger partial charge in [0.2, 0.25) is 0 Å². The van der Waals surface area contributed by atoms with E-state index in [1.807, 2.05) is 6.07 Å². The maximum atomic E-state index is 11.8. The zero-order valence-corrected chi connectivity index (χ0v) is 11.5. The number of amides is 1. The third-order valence-electron chi connectivity index (χ3n) is 2.61. The summed E-state index contributed by atoms with van der Waals surface area (Å²) in [7, 11) is 0. The summed E-state index contributed by atoms with van der Waals surface area (Å²) in [6, 6.07) is 15.3. The molecule has 0 heterocycles. The third kappa shape index (κ3) is 4.07. The SMILES string of the molecule is CCOC(=O)c1ccccc1NC(=O)Oc1ccccc1. The molecular formula is C16H15NO4. The van der Waals surface area contributed by atoms with E-state index >= 15 is 0 Å². The van der Waals surface area contributed by atoms with Gasteiger partial charge in [-0.05, 0) is 31.2 Å². The van der Waals surface area contributed by atoms with E-state index in [0.717, 1.165) is 0 Å². The predicted octanol–water partition coefficient (Wildman–Crippen LogP) is 3.47. The van der Waals surface area contributed by atoms with E-state index in [4.69, 9.17) is 9.47 Å². The van der Waals surface area contributed by atoms with E-state index in [2.05, 4.69) is 5.32 Å². The fourth-order valence-electron chi connectivity index (χ4n) is 1.71. The molecule has 1 N–H and O–H groups in total. The Morgan fingerprint density at radius 2 is 1.67 bits per heavy atom. The quantitative estimate of drug-likeness (QED) is 0.873. The fraction of sp³-hybridized carbons (Fsp3) is 0.125. The molecule has 108 valence electrons. The van der Waals surface area contributed by atoms with Gasteiger partial charge < -0.3 is 9.47 Å². The van der Waals surface area contributed by atoms with Gasteiger partial charge in [0.1, 0.15) is 5.75 Å². The van der Waals surface area contributed by atoms with Gasteiger partial charge in [-0.1, -0.05) is 30.3 Å². The van der Waals surface area contributed by atoms with Crippen LogP contribution in [0.5, 0.6) is 5.75 Å². The minimum atomic E-state index is -0.669. The van der Waals surface area contributed by atoms with Crippen molar-refractivity contribution in [2.24, 2.45) is 0 Å². The molecular weight excluding hydrogens is 270 g/mol. The van der Waals surface area contributed by atoms with E-state index in [0.29, 0.717) is 11.4 Å². The highest BCUT2D eigenvalue weighted by atomic mass is 16.6. The number of hydrogen-bond donors (Lipinski definition) is 1. The van der Waals surface area contributed by atoms with Crippen molar-refractivity contribution in [2.75, 3.05) is 11.9 Å². The molecule has 2 aromatic rings. The number of ether oxygens (including phenoxy) is 2. The molecule has 0 saturated heterocycles. The summed E-state index contributed by atoms with van der Waals surface area (Å²) in [6.45, 7) is 1.99. The molecule has 2 rings (SSSR count). The van der Waals surface area contributed by atoms with Crippen LogP contribution in [-0.4, -0.2) is 18.7 Å². The Morgan fingerprint density at radius 1 is 1.00 bits per heavy atom. The van der Waals surface area contributed by atoms with Gasteiger partial charge in [0.05, 0.1) is 17.9 Å². The highest BCUT2D eigenvalue weighted by Gasteiger charge is 2.14. The second-order valence-electron chi connectivity index (χ2n) is 4.09. The molecule has 0 radical (unpaired) electrons. The molecule has 0 fully saturated rings. The normalized spacial score (nSPS) is 9.76. The lowest BCUT2D eigenvalue weighted by Crippen LogP contribution is -2.19. The Balaban J connectivity index is 2.09. The van der Waals surface area contributed by atoms with E-state index < -0.39 is 12.1 Å². The number of carbonyl (C=O) groups is 2. The smallest absolute Gasteiger partial charge is 0.417 e. The monoisotopic (exact) mass is 285 g/mol. The van der Waals surface area contributed by atoms with Crippen molar-refractivity contribution in [3.8, 4) is 5.75 Å². The lowest BCUT2D eigenvalue weighted by molar-refractivity contribution is 0.0527. The second kappa shape index (κ2) is 7.09. The lowest BCUT2D eigenvalue weighted by Gasteiger charge is -2.10. The van der Waals surface area contributed by atoms with Crippen LogP contribution in [-0.2, 0) is 4.74 Å². The summed E-state index contributed by atoms with van der Waals surface area (Å²) in [5.74, 6) is -0.0725. The first kappa shape index (κ1) is 14.6. The Kier molecular flexibility index (Phi) is 4.93. The van der Waals surface area contributed by atoms with E-state index in [-0.39, 0.29) is 12.2 Å². The number of hydrogen-bond acceptors (Lipinski definition) is 4. The van der Waals surface area contributed by atoms with Crippen LogP contribution in [0.3, 0.4) is 0 Å². The zero-order chi connectivity index (χ0) is 15.1. The van der Waals surface area contributed by atoms with E-state index in [1.165, 1.54) is 0 Å². The van der Waals surface area contributed by atoms with Crippen LogP contribution < -0.4 is 10.1 Å². The molecule has 0 spiro atoms. The van der Waals surface area contributed by atoms with Crippen LogP contribution in [0.1, 0.15) is 17.3 Å². The predicted molar refractivity (Wildman–Crippen MR) is 78.5 cm³/mol. The Hall–Kier alpha value is -2.82. The van der Waals surface area contributed by atoms with Crippen LogP contribution >= 0.6 is 0 Å². The molecule has 2 aromatic carbocycles. The Labute approximate surface area is 122 Å². The molecule has 0 unspecified atom stereocenters. The molecule has 0 saturated carbocycles. The summed E-state index contributed by atoms with van der Waals surface area (Å²) in [5.41, 5.74) is 0.626. The van der Waals surface area contributed by atoms with Gasteiger partial charge in [-0.3, -0.25) is 5.32 Å². The van der Waals surface area contributed by atoms with E-state index in [9.17, 15) is 9.59 Å². The Bertz CT molecular complexity index is 625. The van der Waals surface area contributed by atoms with Crippen molar-refractivity contribution in [3.05, 3.63) is 60.2 Å². The van der Waals surface area contributed by atoms with Crippen LogP contribution in [0.2, 0.25) is 0 Å². The van der Waals surface area contributed by atoms with Gasteiger partial charge in [0.25, 0.3) is 0 Å². The number of anilines is 1. The van der Waals surface area contributed by atoms with Crippen molar-refractivity contribution in [2.45, 2.75) is 6.92 Å². The number of nitrogens with one attached hydrogen (secondary N) is 1. The summed E-state index contributed by atoms with van der Waals surface area (Å²) in [5, 5.41) is 2.54. The number of carbonyl (C=O) groups excluding carboxylic acids is 2. The van der Waals surface area contributed by atoms with Gasteiger partial charge in [0, 0.05) is 0 Å². The lowest BCUT2D eigenvalue weighted by atomic mass is 10.2. The standard InChI is InChI=1S/C16H15NO4/c1-2-20-15(18)13-10-6-7-11-14(13)17-16(19)21-12-8-4-3-5-9-12/h3-11H,2H2,1H3,(H,17,19). The fourth-order valence-corrected chi connectivity index (χ4v) is 1.71. The first-order valence-corrected chi connectivity index (χ1v) is 6.50. The molecule has 0 bridgehead atoms. The highest BCUT2D eigenvalue weighted by molar-refractivity contribution is 6.00. The summed E-state index contributed by atoms with van der Waals surface area (Å²) < 4.78 is 10.0. The molecule has 0 aromatic heterocycles. The van der Waals surface area contributed by atoms with Crippen molar-refractivity contribution < 1.29 is 19.1 Å². The molecule has 21 heavy (non-hydrogen) atoms. The topological polar surface area (TPSA) is 64.6 Å². The molecule has 5 heteroatoms. The van der Waals surface area contributed by atoms with Crippen molar-refractivity contribution in [1.82, 2.24) is 0 Å². The molecule has 0 aliphatic carbocycles.